The van der Waals surface area contributed by atoms with Crippen molar-refractivity contribution in [3.8, 4) is 0 Å². The Morgan fingerprint density at radius 3 is 2.19 bits per heavy atom. The van der Waals surface area contributed by atoms with Crippen LogP contribution in [0.4, 0.5) is 0 Å². The van der Waals surface area contributed by atoms with Crippen molar-refractivity contribution in [1.82, 2.24) is 0 Å². The molecular formula is C14H29NO. The van der Waals surface area contributed by atoms with E-state index in [-0.39, 0.29) is 11.8 Å². The van der Waals surface area contributed by atoms with Crippen molar-refractivity contribution in [3.05, 3.63) is 0 Å². The van der Waals surface area contributed by atoms with Gasteiger partial charge in [-0.1, -0.05) is 52.9 Å². The lowest BCUT2D eigenvalue weighted by Crippen LogP contribution is -2.31. The molecule has 1 atom stereocenters. The van der Waals surface area contributed by atoms with E-state index < -0.39 is 0 Å². The van der Waals surface area contributed by atoms with E-state index in [1.54, 1.807) is 0 Å². The Bertz CT molecular complexity index is 178. The molecule has 0 aliphatic heterocycles. The molecule has 1 unspecified atom stereocenters. The van der Waals surface area contributed by atoms with E-state index in [0.29, 0.717) is 12.3 Å². The second-order valence-corrected chi connectivity index (χ2v) is 5.22. The smallest absolute Gasteiger partial charge is 0.149 e. The molecule has 0 aliphatic rings. The number of carbonyl (C=O) groups is 1. The van der Waals surface area contributed by atoms with E-state index in [9.17, 15) is 4.79 Å². The molecule has 0 saturated heterocycles. The van der Waals surface area contributed by atoms with Gasteiger partial charge in [0.1, 0.15) is 5.78 Å². The largest absolute Gasteiger partial charge is 0.322 e. The Balaban J connectivity index is 3.42. The predicted octanol–water partition coefficient (Wildman–Crippen LogP) is 3.68. The number of carbonyl (C=O) groups excluding carboxylic acids is 1. The first-order valence-electron chi connectivity index (χ1n) is 6.86. The fourth-order valence-corrected chi connectivity index (χ4v) is 1.90. The Hall–Kier alpha value is -0.370. The highest BCUT2D eigenvalue weighted by atomic mass is 16.1. The molecule has 0 aliphatic carbocycles. The van der Waals surface area contributed by atoms with Gasteiger partial charge in [0.05, 0.1) is 6.04 Å². The molecule has 96 valence electrons. The van der Waals surface area contributed by atoms with Crippen LogP contribution in [0, 0.1) is 5.92 Å². The molecule has 0 aromatic carbocycles. The van der Waals surface area contributed by atoms with Gasteiger partial charge in [-0.3, -0.25) is 4.79 Å². The number of hydrogen-bond acceptors (Lipinski definition) is 2. The van der Waals surface area contributed by atoms with Gasteiger partial charge in [0.15, 0.2) is 0 Å². The summed E-state index contributed by atoms with van der Waals surface area (Å²) >= 11 is 0. The van der Waals surface area contributed by atoms with Gasteiger partial charge in [-0.2, -0.15) is 0 Å². The number of unbranched alkanes of at least 4 members (excludes halogenated alkanes) is 5. The van der Waals surface area contributed by atoms with Crippen LogP contribution in [-0.2, 0) is 4.79 Å². The van der Waals surface area contributed by atoms with E-state index in [1.807, 2.05) is 0 Å². The summed E-state index contributed by atoms with van der Waals surface area (Å²) in [7, 11) is 0. The third kappa shape index (κ3) is 8.90. The fourth-order valence-electron chi connectivity index (χ4n) is 1.90. The van der Waals surface area contributed by atoms with Gasteiger partial charge in [-0.15, -0.1) is 0 Å². The Labute approximate surface area is 101 Å². The van der Waals surface area contributed by atoms with Crippen LogP contribution in [0.3, 0.4) is 0 Å². The Morgan fingerprint density at radius 1 is 1.06 bits per heavy atom. The van der Waals surface area contributed by atoms with Crippen LogP contribution in [0.15, 0.2) is 0 Å². The highest BCUT2D eigenvalue weighted by Crippen LogP contribution is 2.10. The average Bonchev–Trinajstić information content (AvgIpc) is 2.21. The van der Waals surface area contributed by atoms with Crippen LogP contribution in [0.1, 0.15) is 72.1 Å². The highest BCUT2D eigenvalue weighted by molar-refractivity contribution is 5.83. The number of ketones is 1. The van der Waals surface area contributed by atoms with Gasteiger partial charge in [0.2, 0.25) is 0 Å². The molecule has 0 fully saturated rings. The zero-order chi connectivity index (χ0) is 12.4. The zero-order valence-corrected chi connectivity index (χ0v) is 11.3. The highest BCUT2D eigenvalue weighted by Gasteiger charge is 2.13. The van der Waals surface area contributed by atoms with Crippen molar-refractivity contribution in [2.75, 3.05) is 0 Å². The van der Waals surface area contributed by atoms with Crippen molar-refractivity contribution in [2.24, 2.45) is 11.7 Å². The first-order valence-corrected chi connectivity index (χ1v) is 6.86. The van der Waals surface area contributed by atoms with E-state index in [2.05, 4.69) is 20.8 Å². The molecule has 0 aromatic rings. The summed E-state index contributed by atoms with van der Waals surface area (Å²) < 4.78 is 0. The number of hydrogen-bond donors (Lipinski definition) is 1. The summed E-state index contributed by atoms with van der Waals surface area (Å²) in [6.45, 7) is 6.43. The van der Waals surface area contributed by atoms with Crippen LogP contribution in [0.2, 0.25) is 0 Å². The molecule has 0 aromatic heterocycles. The summed E-state index contributed by atoms with van der Waals surface area (Å²) in [5.41, 5.74) is 5.83. The van der Waals surface area contributed by atoms with Crippen LogP contribution in [0.5, 0.6) is 0 Å². The van der Waals surface area contributed by atoms with E-state index >= 15 is 0 Å². The minimum absolute atomic E-state index is 0.226. The van der Waals surface area contributed by atoms with Gasteiger partial charge in [0, 0.05) is 6.42 Å². The van der Waals surface area contributed by atoms with Crippen molar-refractivity contribution in [3.63, 3.8) is 0 Å². The topological polar surface area (TPSA) is 43.1 Å². The quantitative estimate of drug-likeness (QED) is 0.578. The van der Waals surface area contributed by atoms with E-state index in [1.165, 1.54) is 32.1 Å². The lowest BCUT2D eigenvalue weighted by Gasteiger charge is -2.12. The molecule has 2 heteroatoms. The molecule has 0 spiro atoms. The summed E-state index contributed by atoms with van der Waals surface area (Å²) in [5.74, 6) is 0.771. The van der Waals surface area contributed by atoms with Crippen molar-refractivity contribution in [1.29, 1.82) is 0 Å². The second kappa shape index (κ2) is 9.83. The summed E-state index contributed by atoms with van der Waals surface area (Å²) in [4.78, 5) is 11.6. The molecule has 2 N–H and O–H groups in total. The minimum Gasteiger partial charge on any atom is -0.322 e. The van der Waals surface area contributed by atoms with Crippen molar-refractivity contribution < 1.29 is 4.79 Å². The summed E-state index contributed by atoms with van der Waals surface area (Å²) in [6, 6.07) is -0.226. The van der Waals surface area contributed by atoms with Gasteiger partial charge >= 0.3 is 0 Å². The molecule has 0 saturated carbocycles. The summed E-state index contributed by atoms with van der Waals surface area (Å²) in [5, 5.41) is 0. The number of rotatable bonds is 10. The van der Waals surface area contributed by atoms with Crippen LogP contribution >= 0.6 is 0 Å². The predicted molar refractivity (Wildman–Crippen MR) is 70.4 cm³/mol. The van der Waals surface area contributed by atoms with E-state index in [0.717, 1.165) is 12.8 Å². The second-order valence-electron chi connectivity index (χ2n) is 5.22. The standard InChI is InChI=1S/C14H29NO/c1-4-5-6-7-8-9-10-14(16)13(15)11-12(2)3/h12-13H,4-11,15H2,1-3H3. The molecule has 16 heavy (non-hydrogen) atoms. The first-order chi connectivity index (χ1) is 7.57. The third-order valence-electron chi connectivity index (χ3n) is 2.92. The lowest BCUT2D eigenvalue weighted by atomic mass is 9.97. The maximum atomic E-state index is 11.6. The van der Waals surface area contributed by atoms with Crippen molar-refractivity contribution in [2.45, 2.75) is 78.2 Å². The van der Waals surface area contributed by atoms with Gasteiger partial charge < -0.3 is 5.73 Å². The Morgan fingerprint density at radius 2 is 1.62 bits per heavy atom. The SMILES string of the molecule is CCCCCCCCC(=O)C(N)CC(C)C. The van der Waals surface area contributed by atoms with Crippen LogP contribution < -0.4 is 5.73 Å². The maximum absolute atomic E-state index is 11.6. The number of nitrogens with two attached hydrogens (primary N) is 1. The summed E-state index contributed by atoms with van der Waals surface area (Å²) in [6.07, 6.45) is 8.88. The maximum Gasteiger partial charge on any atom is 0.149 e. The first kappa shape index (κ1) is 15.6. The molecule has 0 radical (unpaired) electrons. The monoisotopic (exact) mass is 227 g/mol. The third-order valence-corrected chi connectivity index (χ3v) is 2.92. The molecule has 2 nitrogen and oxygen atoms in total. The van der Waals surface area contributed by atoms with Crippen molar-refractivity contribution >= 4 is 5.78 Å². The molecule has 0 rings (SSSR count). The van der Waals surface area contributed by atoms with Gasteiger partial charge in [-0.25, -0.2) is 0 Å². The molecule has 0 heterocycles. The van der Waals surface area contributed by atoms with Crippen LogP contribution in [0.25, 0.3) is 0 Å². The average molecular weight is 227 g/mol. The normalized spacial score (nSPS) is 13.1. The lowest BCUT2D eigenvalue weighted by molar-refractivity contribution is -0.120. The molecular weight excluding hydrogens is 198 g/mol. The minimum atomic E-state index is -0.226. The molecule has 0 amide bonds. The van der Waals surface area contributed by atoms with Gasteiger partial charge in [-0.05, 0) is 18.8 Å². The van der Waals surface area contributed by atoms with Crippen LogP contribution in [-0.4, -0.2) is 11.8 Å². The number of Topliss-reactive ketones (excluding diaryl/α,β-unsaturated/α-hetero) is 1. The zero-order valence-electron chi connectivity index (χ0n) is 11.3. The molecule has 0 bridgehead atoms. The fraction of sp³-hybridized carbons (Fsp3) is 0.929. The Kier molecular flexibility index (Phi) is 9.60. The van der Waals surface area contributed by atoms with E-state index in [4.69, 9.17) is 5.73 Å². The van der Waals surface area contributed by atoms with Gasteiger partial charge in [0.25, 0.3) is 0 Å².